The number of β-lactam (4-membered cyclic amide) rings is 1. The smallest absolute Gasteiger partial charge is 0.352 e. The molecule has 0 bridgehead atoms. The number of aromatic hydroxyl groups is 2. The van der Waals surface area contributed by atoms with Gasteiger partial charge in [0.15, 0.2) is 27.5 Å². The number of carbonyl (C=O) groups is 3. The molecule has 0 unspecified atom stereocenters. The Morgan fingerprint density at radius 2 is 2.12 bits per heavy atom. The molecular weight excluding hydrogens is 582 g/mol. The van der Waals surface area contributed by atoms with Crippen molar-refractivity contribution < 1.29 is 34.5 Å². The minimum Gasteiger partial charge on any atom is -0.504 e. The highest BCUT2D eigenvalue weighted by molar-refractivity contribution is 8.01. The van der Waals surface area contributed by atoms with Gasteiger partial charge in [0.05, 0.1) is 11.0 Å². The van der Waals surface area contributed by atoms with Crippen LogP contribution in [0.4, 0.5) is 5.13 Å². The van der Waals surface area contributed by atoms with Crippen molar-refractivity contribution in [3.63, 3.8) is 0 Å². The molecule has 2 aliphatic heterocycles. The summed E-state index contributed by atoms with van der Waals surface area (Å²) >= 11 is 3.63. The van der Waals surface area contributed by atoms with E-state index in [0.29, 0.717) is 27.5 Å². The highest BCUT2D eigenvalue weighted by Crippen LogP contribution is 2.41. The summed E-state index contributed by atoms with van der Waals surface area (Å²) in [6, 6.07) is 1.66. The Labute approximate surface area is 238 Å². The summed E-state index contributed by atoms with van der Waals surface area (Å²) in [6.45, 7) is 3.56. The monoisotopic (exact) mass is 603 g/mol. The summed E-state index contributed by atoms with van der Waals surface area (Å²) in [7, 11) is 0. The number of nitrogens with one attached hydrogen (secondary N) is 2. The van der Waals surface area contributed by atoms with E-state index in [1.54, 1.807) is 0 Å². The summed E-state index contributed by atoms with van der Waals surface area (Å²) in [4.78, 5) is 56.0. The number of hydrogen-bond donors (Lipinski definition) is 6. The van der Waals surface area contributed by atoms with Crippen LogP contribution in [0.3, 0.4) is 0 Å². The van der Waals surface area contributed by atoms with Crippen molar-refractivity contribution in [2.45, 2.75) is 16.6 Å². The summed E-state index contributed by atoms with van der Waals surface area (Å²) in [5, 5.41) is 37.3. The number of carboxylic acids is 1. The van der Waals surface area contributed by atoms with E-state index in [1.165, 1.54) is 47.1 Å². The molecular formula is C23H21N7O7S3. The second kappa shape index (κ2) is 11.1. The van der Waals surface area contributed by atoms with Crippen LogP contribution in [-0.4, -0.2) is 88.2 Å². The van der Waals surface area contributed by atoms with Crippen LogP contribution < -0.4 is 11.1 Å². The second-order valence-electron chi connectivity index (χ2n) is 8.40. The van der Waals surface area contributed by atoms with Gasteiger partial charge < -0.3 is 36.2 Å². The van der Waals surface area contributed by atoms with E-state index >= 15 is 0 Å². The molecule has 40 heavy (non-hydrogen) atoms. The summed E-state index contributed by atoms with van der Waals surface area (Å²) < 4.78 is 0. The fraction of sp³-hybridized carbons (Fsp3) is 0.217. The molecule has 1 fully saturated rings. The number of anilines is 1. The van der Waals surface area contributed by atoms with Crippen LogP contribution in [0.2, 0.25) is 0 Å². The molecule has 0 radical (unpaired) electrons. The van der Waals surface area contributed by atoms with E-state index in [-0.39, 0.29) is 46.1 Å². The molecule has 7 N–H and O–H groups in total. The van der Waals surface area contributed by atoms with Crippen molar-refractivity contribution in [2.75, 3.05) is 23.8 Å². The number of thioether (sulfide) groups is 2. The number of thiazole rings is 1. The summed E-state index contributed by atoms with van der Waals surface area (Å²) in [5.41, 5.74) is 6.96. The minimum atomic E-state index is -1.27. The number of nitrogens with two attached hydrogens (primary N) is 1. The zero-order chi connectivity index (χ0) is 28.6. The van der Waals surface area contributed by atoms with Gasteiger partial charge in [-0.1, -0.05) is 29.6 Å². The Bertz CT molecular complexity index is 1560. The predicted molar refractivity (Wildman–Crippen MR) is 149 cm³/mol. The third-order valence-corrected chi connectivity index (χ3v) is 8.78. The number of nitrogens with zero attached hydrogens (tertiary/aromatic N) is 4. The number of rotatable bonds is 10. The van der Waals surface area contributed by atoms with Gasteiger partial charge in [-0.25, -0.2) is 14.8 Å². The zero-order valence-corrected chi connectivity index (χ0v) is 22.8. The van der Waals surface area contributed by atoms with E-state index in [1.807, 2.05) is 0 Å². The molecule has 2 aromatic heterocycles. The van der Waals surface area contributed by atoms with Crippen molar-refractivity contribution in [3.05, 3.63) is 47.1 Å². The molecule has 3 aromatic rings. The molecule has 0 aliphatic carbocycles. The van der Waals surface area contributed by atoms with E-state index in [4.69, 9.17) is 10.6 Å². The fourth-order valence-electron chi connectivity index (χ4n) is 3.99. The van der Waals surface area contributed by atoms with Gasteiger partial charge in [-0.2, -0.15) is 0 Å². The number of nitrogen functional groups attached to an aromatic ring is 1. The van der Waals surface area contributed by atoms with Gasteiger partial charge in [0.25, 0.3) is 11.8 Å². The molecule has 4 heterocycles. The van der Waals surface area contributed by atoms with Crippen LogP contribution in [0, 0.1) is 0 Å². The van der Waals surface area contributed by atoms with Crippen molar-refractivity contribution >= 4 is 74.5 Å². The van der Waals surface area contributed by atoms with Crippen LogP contribution in [0.5, 0.6) is 11.5 Å². The van der Waals surface area contributed by atoms with Gasteiger partial charge in [-0.3, -0.25) is 14.5 Å². The number of imidazole rings is 1. The first-order valence-corrected chi connectivity index (χ1v) is 14.4. The van der Waals surface area contributed by atoms with E-state index < -0.39 is 29.2 Å². The minimum absolute atomic E-state index is 0.0392. The fourth-order valence-corrected chi connectivity index (χ4v) is 6.91. The number of carbonyl (C=O) groups excluding carboxylic acids is 2. The lowest BCUT2D eigenvalue weighted by molar-refractivity contribution is -0.150. The number of fused-ring (bicyclic) bond motifs is 2. The number of hydrogen-bond acceptors (Lipinski definition) is 13. The van der Waals surface area contributed by atoms with E-state index in [9.17, 15) is 29.7 Å². The molecule has 0 spiro atoms. The number of aromatic amines is 1. The lowest BCUT2D eigenvalue weighted by Gasteiger charge is -2.49. The first kappa shape index (κ1) is 27.4. The first-order chi connectivity index (χ1) is 19.2. The molecule has 0 saturated carbocycles. The third kappa shape index (κ3) is 5.17. The lowest BCUT2D eigenvalue weighted by atomic mass is 10.0. The maximum atomic E-state index is 13.1. The Balaban J connectivity index is 1.31. The Kier molecular flexibility index (Phi) is 7.59. The van der Waals surface area contributed by atoms with Gasteiger partial charge in [-0.05, 0) is 5.57 Å². The normalized spacial score (nSPS) is 18.9. The largest absolute Gasteiger partial charge is 0.504 e. The number of carboxylic acid groups (broad SMARTS) is 1. The number of phenols is 2. The van der Waals surface area contributed by atoms with Crippen LogP contribution in [0.15, 0.2) is 51.8 Å². The SMILES string of the molecule is C=CCON=C(C(=O)N[C@@H]1C(=O)N2C(C(=O)O)=C(CSc3nc4cc(O)c(O)cc4[nH]3)CS[C@@H]12)c1csc(N)n1. The van der Waals surface area contributed by atoms with Gasteiger partial charge in [0, 0.05) is 29.0 Å². The number of phenolic OH excluding ortho intramolecular Hbond substituents is 2. The quantitative estimate of drug-likeness (QED) is 0.0369. The maximum absolute atomic E-state index is 13.1. The van der Waals surface area contributed by atoms with Gasteiger partial charge in [0.1, 0.15) is 29.4 Å². The summed E-state index contributed by atoms with van der Waals surface area (Å²) in [6.07, 6.45) is 1.44. The van der Waals surface area contributed by atoms with Crippen molar-refractivity contribution in [1.82, 2.24) is 25.2 Å². The Hall–Kier alpha value is -4.22. The molecule has 17 heteroatoms. The molecule has 1 aromatic carbocycles. The number of amides is 2. The van der Waals surface area contributed by atoms with E-state index in [0.717, 1.165) is 16.2 Å². The number of aliphatic carboxylic acids is 1. The zero-order valence-electron chi connectivity index (χ0n) is 20.4. The van der Waals surface area contributed by atoms with Crippen LogP contribution >= 0.6 is 34.9 Å². The Morgan fingerprint density at radius 1 is 1.35 bits per heavy atom. The van der Waals surface area contributed by atoms with E-state index in [2.05, 4.69) is 32.0 Å². The number of benzene rings is 1. The van der Waals surface area contributed by atoms with Gasteiger partial charge in [0.2, 0.25) is 0 Å². The standard InChI is InChI=1S/C23H21N7O7S3/c1-2-3-37-29-15(12-8-39-22(24)25-12)18(33)28-16-19(34)30-17(21(35)36)9(6-38-20(16)30)7-40-23-26-10-4-13(31)14(32)5-11(10)27-23/h2,4-5,8,16,20,31-32H,1,3,6-7H2,(H2,24,25)(H,26,27)(H,28,33)(H,35,36)/t16-,20+/m1/s1. The number of oxime groups is 1. The van der Waals surface area contributed by atoms with Crippen LogP contribution in [-0.2, 0) is 19.2 Å². The van der Waals surface area contributed by atoms with Crippen molar-refractivity contribution in [2.24, 2.45) is 5.16 Å². The average molecular weight is 604 g/mol. The molecule has 14 nitrogen and oxygen atoms in total. The third-order valence-electron chi connectivity index (χ3n) is 5.80. The van der Waals surface area contributed by atoms with Crippen LogP contribution in [0.1, 0.15) is 5.69 Å². The average Bonchev–Trinajstić information content (AvgIpc) is 3.53. The maximum Gasteiger partial charge on any atom is 0.352 e. The number of aromatic nitrogens is 3. The molecule has 2 aliphatic rings. The molecule has 2 atom stereocenters. The van der Waals surface area contributed by atoms with Crippen LogP contribution in [0.25, 0.3) is 11.0 Å². The highest BCUT2D eigenvalue weighted by Gasteiger charge is 2.54. The van der Waals surface area contributed by atoms with Crippen molar-refractivity contribution in [3.8, 4) is 11.5 Å². The Morgan fingerprint density at radius 3 is 2.83 bits per heavy atom. The molecule has 5 rings (SSSR count). The van der Waals surface area contributed by atoms with Gasteiger partial charge >= 0.3 is 5.97 Å². The summed E-state index contributed by atoms with van der Waals surface area (Å²) in [5.74, 6) is -2.67. The highest BCUT2D eigenvalue weighted by atomic mass is 32.2. The molecule has 2 amide bonds. The number of H-pyrrole nitrogens is 1. The topological polar surface area (TPSA) is 216 Å². The second-order valence-corrected chi connectivity index (χ2v) is 11.4. The molecule has 208 valence electrons. The predicted octanol–water partition coefficient (Wildman–Crippen LogP) is 1.45. The van der Waals surface area contributed by atoms with Gasteiger partial charge in [-0.15, -0.1) is 23.1 Å². The lowest BCUT2D eigenvalue weighted by Crippen LogP contribution is -2.71. The van der Waals surface area contributed by atoms with Crippen molar-refractivity contribution in [1.29, 1.82) is 0 Å². The first-order valence-electron chi connectivity index (χ1n) is 11.5. The molecule has 1 saturated heterocycles.